The number of aromatic nitrogens is 2. The number of likely N-dealkylation sites (tertiary alicyclic amines) is 1. The topological polar surface area (TPSA) is 67.2 Å². The third kappa shape index (κ3) is 5.29. The zero-order valence-corrected chi connectivity index (χ0v) is 19.8. The van der Waals surface area contributed by atoms with E-state index in [4.69, 9.17) is 0 Å². The highest BCUT2D eigenvalue weighted by atomic mass is 19.4. The van der Waals surface area contributed by atoms with Crippen molar-refractivity contribution in [3.8, 4) is 0 Å². The maximum absolute atomic E-state index is 12.8. The second-order valence-electron chi connectivity index (χ2n) is 10.4. The number of piperidine rings is 1. The molecule has 1 saturated heterocycles. The van der Waals surface area contributed by atoms with Crippen LogP contribution in [0.5, 0.6) is 0 Å². The van der Waals surface area contributed by atoms with Crippen LogP contribution in [0.15, 0.2) is 36.7 Å². The Hall–Kier alpha value is -2.68. The summed E-state index contributed by atoms with van der Waals surface area (Å²) in [7, 11) is 1.95. The maximum Gasteiger partial charge on any atom is 0.416 e. The zero-order valence-electron chi connectivity index (χ0n) is 19.8. The minimum Gasteiger partial charge on any atom is -0.326 e. The van der Waals surface area contributed by atoms with Gasteiger partial charge in [-0.2, -0.15) is 18.3 Å². The molecule has 0 radical (unpaired) electrons. The molecule has 9 heteroatoms. The van der Waals surface area contributed by atoms with Gasteiger partial charge in [0.25, 0.3) is 0 Å². The normalized spacial score (nSPS) is 28.5. The SMILES string of the molecule is Cn1cc(C2CCC(N3C[C@@H]4C(C(=O)CCC(=O)Nc5cccc(C(F)(F)F)c5)[C@@H]4C3)CC2)cn1. The molecule has 5 rings (SSSR count). The molecule has 2 aliphatic carbocycles. The van der Waals surface area contributed by atoms with E-state index < -0.39 is 17.6 Å². The van der Waals surface area contributed by atoms with Crippen LogP contribution in [0.2, 0.25) is 0 Å². The van der Waals surface area contributed by atoms with Gasteiger partial charge in [0.05, 0.1) is 11.8 Å². The highest BCUT2D eigenvalue weighted by molar-refractivity contribution is 5.94. The number of Topliss-reactive ketones (excluding diaryl/α,β-unsaturated/α-hetero) is 1. The Balaban J connectivity index is 1.03. The van der Waals surface area contributed by atoms with E-state index in [-0.39, 0.29) is 30.2 Å². The van der Waals surface area contributed by atoms with Gasteiger partial charge in [0.1, 0.15) is 5.78 Å². The molecule has 1 aromatic carbocycles. The maximum atomic E-state index is 12.8. The number of hydrogen-bond donors (Lipinski definition) is 1. The first-order valence-corrected chi connectivity index (χ1v) is 12.4. The lowest BCUT2D eigenvalue weighted by Crippen LogP contribution is -2.38. The highest BCUT2D eigenvalue weighted by Gasteiger charge is 2.59. The van der Waals surface area contributed by atoms with Crippen molar-refractivity contribution in [2.24, 2.45) is 24.8 Å². The van der Waals surface area contributed by atoms with Crippen LogP contribution in [0, 0.1) is 17.8 Å². The predicted molar refractivity (Wildman–Crippen MR) is 125 cm³/mol. The Bertz CT molecular complexity index is 1080. The average Bonchev–Trinajstić information content (AvgIpc) is 3.12. The van der Waals surface area contributed by atoms with Gasteiger partial charge in [-0.15, -0.1) is 0 Å². The molecule has 0 spiro atoms. The quantitative estimate of drug-likeness (QED) is 0.617. The van der Waals surface area contributed by atoms with E-state index in [1.54, 1.807) is 0 Å². The lowest BCUT2D eigenvalue weighted by atomic mass is 9.82. The van der Waals surface area contributed by atoms with Gasteiger partial charge >= 0.3 is 6.18 Å². The molecule has 1 aromatic heterocycles. The molecule has 35 heavy (non-hydrogen) atoms. The van der Waals surface area contributed by atoms with Crippen LogP contribution in [-0.2, 0) is 22.8 Å². The highest BCUT2D eigenvalue weighted by Crippen LogP contribution is 2.54. The number of carbonyl (C=O) groups excluding carboxylic acids is 2. The van der Waals surface area contributed by atoms with Gasteiger partial charge in [-0.25, -0.2) is 0 Å². The van der Waals surface area contributed by atoms with Gasteiger partial charge in [0, 0.05) is 56.8 Å². The number of alkyl halides is 3. The molecule has 2 saturated carbocycles. The van der Waals surface area contributed by atoms with E-state index >= 15 is 0 Å². The molecule has 6 nitrogen and oxygen atoms in total. The molecule has 3 aliphatic rings. The first-order chi connectivity index (χ1) is 16.7. The number of carbonyl (C=O) groups is 2. The molecule has 2 heterocycles. The van der Waals surface area contributed by atoms with Crippen LogP contribution in [0.25, 0.3) is 0 Å². The minimum atomic E-state index is -4.47. The molecule has 1 aliphatic heterocycles. The van der Waals surface area contributed by atoms with Crippen molar-refractivity contribution in [1.82, 2.24) is 14.7 Å². The number of hydrogen-bond acceptors (Lipinski definition) is 4. The summed E-state index contributed by atoms with van der Waals surface area (Å²) in [6, 6.07) is 5.13. The number of benzene rings is 1. The van der Waals surface area contributed by atoms with E-state index in [1.165, 1.54) is 43.4 Å². The number of nitrogens with one attached hydrogen (secondary N) is 1. The lowest BCUT2D eigenvalue weighted by Gasteiger charge is -2.35. The summed E-state index contributed by atoms with van der Waals surface area (Å²) in [6.07, 6.45) is 4.45. The monoisotopic (exact) mass is 488 g/mol. The van der Waals surface area contributed by atoms with Crippen molar-refractivity contribution in [3.63, 3.8) is 0 Å². The van der Waals surface area contributed by atoms with Gasteiger partial charge in [-0.05, 0) is 67.2 Å². The van der Waals surface area contributed by atoms with Crippen molar-refractivity contribution in [1.29, 1.82) is 0 Å². The summed E-state index contributed by atoms with van der Waals surface area (Å²) in [5, 5.41) is 6.78. The first kappa shape index (κ1) is 24.0. The Kier molecular flexibility index (Phi) is 6.46. The molecule has 1 amide bonds. The first-order valence-electron chi connectivity index (χ1n) is 12.4. The predicted octanol–water partition coefficient (Wildman–Crippen LogP) is 4.63. The van der Waals surface area contributed by atoms with Gasteiger partial charge in [-0.1, -0.05) is 6.07 Å². The van der Waals surface area contributed by atoms with Crippen LogP contribution < -0.4 is 5.32 Å². The van der Waals surface area contributed by atoms with Crippen molar-refractivity contribution >= 4 is 17.4 Å². The molecular weight excluding hydrogens is 457 g/mol. The van der Waals surface area contributed by atoms with E-state index in [2.05, 4.69) is 21.5 Å². The number of ketones is 1. The number of nitrogens with zero attached hydrogens (tertiary/aromatic N) is 3. The van der Waals surface area contributed by atoms with E-state index in [0.717, 1.165) is 25.2 Å². The molecule has 2 aromatic rings. The number of rotatable bonds is 7. The molecule has 0 bridgehead atoms. The van der Waals surface area contributed by atoms with Crippen molar-refractivity contribution in [2.75, 3.05) is 18.4 Å². The van der Waals surface area contributed by atoms with Crippen LogP contribution in [-0.4, -0.2) is 45.5 Å². The van der Waals surface area contributed by atoms with Crippen LogP contribution in [0.3, 0.4) is 0 Å². The molecule has 3 atom stereocenters. The van der Waals surface area contributed by atoms with E-state index in [0.29, 0.717) is 23.8 Å². The molecular formula is C26H31F3N4O2. The standard InChI is InChI=1S/C26H31F3N4O2/c1-32-13-17(12-30-32)16-5-7-20(8-6-16)33-14-21-22(15-33)25(21)23(34)9-10-24(35)31-19-4-2-3-18(11-19)26(27,28)29/h2-4,11-13,16,20-22,25H,5-10,14-15H2,1H3,(H,31,35)/t16?,20?,21-,22+,25?. The Labute approximate surface area is 202 Å². The fraction of sp³-hybridized carbons (Fsp3) is 0.577. The average molecular weight is 489 g/mol. The molecule has 1 N–H and O–H groups in total. The Morgan fingerprint density at radius 2 is 1.80 bits per heavy atom. The summed E-state index contributed by atoms with van der Waals surface area (Å²) in [6.45, 7) is 1.92. The van der Waals surface area contributed by atoms with Crippen LogP contribution in [0.1, 0.15) is 55.6 Å². The fourth-order valence-corrected chi connectivity index (χ4v) is 6.16. The number of aryl methyl sites for hydroxylation is 1. The largest absolute Gasteiger partial charge is 0.416 e. The van der Waals surface area contributed by atoms with Crippen LogP contribution in [0.4, 0.5) is 18.9 Å². The number of halogens is 3. The van der Waals surface area contributed by atoms with Crippen LogP contribution >= 0.6 is 0 Å². The second kappa shape index (κ2) is 9.41. The molecule has 3 fully saturated rings. The van der Waals surface area contributed by atoms with E-state index in [9.17, 15) is 22.8 Å². The summed E-state index contributed by atoms with van der Waals surface area (Å²) in [4.78, 5) is 27.4. The van der Waals surface area contributed by atoms with E-state index in [1.807, 2.05) is 17.9 Å². The third-order valence-corrected chi connectivity index (χ3v) is 8.08. The number of anilines is 1. The summed E-state index contributed by atoms with van der Waals surface area (Å²) < 4.78 is 40.4. The summed E-state index contributed by atoms with van der Waals surface area (Å²) in [5.74, 6) is 1.10. The third-order valence-electron chi connectivity index (χ3n) is 8.08. The zero-order chi connectivity index (χ0) is 24.7. The Morgan fingerprint density at radius 3 is 2.43 bits per heavy atom. The van der Waals surface area contributed by atoms with Crippen molar-refractivity contribution in [3.05, 3.63) is 47.8 Å². The van der Waals surface area contributed by atoms with Gasteiger partial charge in [0.2, 0.25) is 5.91 Å². The van der Waals surface area contributed by atoms with Gasteiger partial charge < -0.3 is 5.32 Å². The summed E-state index contributed by atoms with van der Waals surface area (Å²) in [5.41, 5.74) is 0.611. The van der Waals surface area contributed by atoms with Gasteiger partial charge in [0.15, 0.2) is 0 Å². The van der Waals surface area contributed by atoms with Crippen molar-refractivity contribution in [2.45, 2.75) is 56.7 Å². The summed E-state index contributed by atoms with van der Waals surface area (Å²) >= 11 is 0. The molecule has 188 valence electrons. The lowest BCUT2D eigenvalue weighted by molar-refractivity contribution is -0.137. The van der Waals surface area contributed by atoms with Gasteiger partial charge in [-0.3, -0.25) is 19.2 Å². The smallest absolute Gasteiger partial charge is 0.326 e. The Morgan fingerprint density at radius 1 is 1.09 bits per heavy atom. The molecule has 1 unspecified atom stereocenters. The fourth-order valence-electron chi connectivity index (χ4n) is 6.16. The minimum absolute atomic E-state index is 0.00686. The number of fused-ring (bicyclic) bond motifs is 1. The van der Waals surface area contributed by atoms with Crippen molar-refractivity contribution < 1.29 is 22.8 Å². The number of amides is 1. The second-order valence-corrected chi connectivity index (χ2v) is 10.4.